The molecule has 136 valence electrons. The summed E-state index contributed by atoms with van der Waals surface area (Å²) in [5.41, 5.74) is 0.545. The van der Waals surface area contributed by atoms with Gasteiger partial charge in [-0.15, -0.1) is 0 Å². The van der Waals surface area contributed by atoms with E-state index >= 15 is 0 Å². The third kappa shape index (κ3) is 5.03. The topological polar surface area (TPSA) is 98.5 Å². The van der Waals surface area contributed by atoms with E-state index in [4.69, 9.17) is 16.3 Å². The van der Waals surface area contributed by atoms with E-state index in [0.717, 1.165) is 18.9 Å². The Morgan fingerprint density at radius 3 is 2.50 bits per heavy atom. The summed E-state index contributed by atoms with van der Waals surface area (Å²) >= 11 is 5.94. The zero-order valence-electron chi connectivity index (χ0n) is 14.0. The van der Waals surface area contributed by atoms with Gasteiger partial charge in [0.05, 0.1) is 27.7 Å². The minimum absolute atomic E-state index is 0.0103. The molecule has 0 saturated heterocycles. The Morgan fingerprint density at radius 1 is 1.19 bits per heavy atom. The normalized spacial score (nSPS) is 10.2. The minimum atomic E-state index is -0.605. The first-order valence-corrected chi connectivity index (χ1v) is 8.32. The van der Waals surface area contributed by atoms with Crippen LogP contribution >= 0.6 is 11.6 Å². The van der Waals surface area contributed by atoms with E-state index in [-0.39, 0.29) is 16.3 Å². The molecule has 0 aliphatic heterocycles. The van der Waals surface area contributed by atoms with Gasteiger partial charge in [0.1, 0.15) is 0 Å². The molecule has 0 spiro atoms. The van der Waals surface area contributed by atoms with Crippen molar-refractivity contribution in [3.8, 4) is 0 Å². The zero-order chi connectivity index (χ0) is 19.1. The fourth-order valence-electron chi connectivity index (χ4n) is 2.08. The number of carbonyl (C=O) groups is 2. The Morgan fingerprint density at radius 2 is 1.88 bits per heavy atom. The zero-order valence-corrected chi connectivity index (χ0v) is 14.8. The lowest BCUT2D eigenvalue weighted by Gasteiger charge is -2.08. The van der Waals surface area contributed by atoms with Crippen LogP contribution in [0, 0.1) is 10.1 Å². The summed E-state index contributed by atoms with van der Waals surface area (Å²) in [6.07, 6.45) is 1.72. The van der Waals surface area contributed by atoms with Crippen molar-refractivity contribution in [1.82, 2.24) is 0 Å². The number of nitro benzene ring substituents is 1. The van der Waals surface area contributed by atoms with Crippen molar-refractivity contribution in [2.75, 3.05) is 11.9 Å². The summed E-state index contributed by atoms with van der Waals surface area (Å²) in [6, 6.07) is 9.76. The summed E-state index contributed by atoms with van der Waals surface area (Å²) in [5.74, 6) is -1.02. The van der Waals surface area contributed by atoms with Crippen molar-refractivity contribution < 1.29 is 19.2 Å². The highest BCUT2D eigenvalue weighted by atomic mass is 35.5. The number of anilines is 1. The van der Waals surface area contributed by atoms with Crippen molar-refractivity contribution in [3.05, 3.63) is 68.7 Å². The van der Waals surface area contributed by atoms with Crippen molar-refractivity contribution in [2.45, 2.75) is 19.8 Å². The van der Waals surface area contributed by atoms with Crippen LogP contribution in [0.2, 0.25) is 5.02 Å². The van der Waals surface area contributed by atoms with Crippen molar-refractivity contribution in [1.29, 1.82) is 0 Å². The highest BCUT2D eigenvalue weighted by Crippen LogP contribution is 2.23. The summed E-state index contributed by atoms with van der Waals surface area (Å²) in [7, 11) is 0. The Bertz CT molecular complexity index is 821. The van der Waals surface area contributed by atoms with Crippen LogP contribution in [0.25, 0.3) is 0 Å². The molecule has 0 aromatic heterocycles. The number of carbonyl (C=O) groups excluding carboxylic acids is 2. The predicted molar refractivity (Wildman–Crippen MR) is 97.7 cm³/mol. The van der Waals surface area contributed by atoms with E-state index in [1.165, 1.54) is 24.3 Å². The van der Waals surface area contributed by atoms with Crippen LogP contribution in [-0.4, -0.2) is 23.4 Å². The molecule has 1 amide bonds. The molecule has 26 heavy (non-hydrogen) atoms. The Labute approximate surface area is 155 Å². The van der Waals surface area contributed by atoms with Gasteiger partial charge in [-0.25, -0.2) is 4.79 Å². The second-order valence-electron chi connectivity index (χ2n) is 5.44. The average molecular weight is 377 g/mol. The van der Waals surface area contributed by atoms with E-state index < -0.39 is 16.8 Å². The molecule has 0 heterocycles. The quantitative estimate of drug-likeness (QED) is 0.333. The van der Waals surface area contributed by atoms with Gasteiger partial charge in [0.2, 0.25) is 0 Å². The van der Waals surface area contributed by atoms with Gasteiger partial charge in [-0.05, 0) is 36.8 Å². The van der Waals surface area contributed by atoms with Gasteiger partial charge in [0.25, 0.3) is 11.6 Å². The molecule has 0 aliphatic carbocycles. The SMILES string of the molecule is CCCCOC(=O)c1ccc(NC(=O)c2cc([N+](=O)[O-])ccc2Cl)cc1. The third-order valence-electron chi connectivity index (χ3n) is 3.51. The Hall–Kier alpha value is -2.93. The van der Waals surface area contributed by atoms with Crippen LogP contribution < -0.4 is 5.32 Å². The molecule has 8 heteroatoms. The first-order valence-electron chi connectivity index (χ1n) is 7.95. The van der Waals surface area contributed by atoms with Gasteiger partial charge in [-0.2, -0.15) is 0 Å². The largest absolute Gasteiger partial charge is 0.462 e. The number of ether oxygens (including phenoxy) is 1. The van der Waals surface area contributed by atoms with Gasteiger partial charge < -0.3 is 10.1 Å². The number of esters is 1. The number of rotatable bonds is 7. The smallest absolute Gasteiger partial charge is 0.338 e. The molecule has 0 atom stereocenters. The van der Waals surface area contributed by atoms with E-state index in [2.05, 4.69) is 5.32 Å². The number of hydrogen-bond donors (Lipinski definition) is 1. The van der Waals surface area contributed by atoms with Crippen molar-refractivity contribution in [2.24, 2.45) is 0 Å². The van der Waals surface area contributed by atoms with Crippen LogP contribution in [0.15, 0.2) is 42.5 Å². The highest BCUT2D eigenvalue weighted by molar-refractivity contribution is 6.34. The van der Waals surface area contributed by atoms with Crippen LogP contribution in [-0.2, 0) is 4.74 Å². The fraction of sp³-hybridized carbons (Fsp3) is 0.222. The van der Waals surface area contributed by atoms with Crippen molar-refractivity contribution in [3.63, 3.8) is 0 Å². The molecule has 2 aromatic rings. The van der Waals surface area contributed by atoms with Gasteiger partial charge >= 0.3 is 5.97 Å². The number of amides is 1. The van der Waals surface area contributed by atoms with E-state index in [1.807, 2.05) is 6.92 Å². The summed E-state index contributed by atoms with van der Waals surface area (Å²) in [4.78, 5) is 34.3. The molecule has 0 radical (unpaired) electrons. The first-order chi connectivity index (χ1) is 12.4. The molecule has 0 unspecified atom stereocenters. The van der Waals surface area contributed by atoms with E-state index in [1.54, 1.807) is 12.1 Å². The van der Waals surface area contributed by atoms with E-state index in [0.29, 0.717) is 17.9 Å². The van der Waals surface area contributed by atoms with Gasteiger partial charge in [0.15, 0.2) is 0 Å². The fourth-order valence-corrected chi connectivity index (χ4v) is 2.28. The van der Waals surface area contributed by atoms with Crippen LogP contribution in [0.4, 0.5) is 11.4 Å². The summed E-state index contributed by atoms with van der Waals surface area (Å²) < 4.78 is 5.10. The van der Waals surface area contributed by atoms with Gasteiger partial charge in [0, 0.05) is 17.8 Å². The van der Waals surface area contributed by atoms with Crippen LogP contribution in [0.3, 0.4) is 0 Å². The lowest BCUT2D eigenvalue weighted by molar-refractivity contribution is -0.384. The number of hydrogen-bond acceptors (Lipinski definition) is 5. The molecule has 7 nitrogen and oxygen atoms in total. The predicted octanol–water partition coefficient (Wildman–Crippen LogP) is 4.46. The lowest BCUT2D eigenvalue weighted by Crippen LogP contribution is -2.13. The number of nitrogens with one attached hydrogen (secondary N) is 1. The standard InChI is InChI=1S/C18H17ClN2O5/c1-2-3-10-26-18(23)12-4-6-13(7-5-12)20-17(22)15-11-14(21(24)25)8-9-16(15)19/h4-9,11H,2-3,10H2,1H3,(H,20,22). The molecule has 0 fully saturated rings. The molecule has 2 aromatic carbocycles. The van der Waals surface area contributed by atoms with Gasteiger partial charge in [-0.3, -0.25) is 14.9 Å². The summed E-state index contributed by atoms with van der Waals surface area (Å²) in [5, 5.41) is 13.5. The number of nitro groups is 1. The maximum atomic E-state index is 12.3. The first kappa shape index (κ1) is 19.4. The number of nitrogens with zero attached hydrogens (tertiary/aromatic N) is 1. The molecular weight excluding hydrogens is 360 g/mol. The second kappa shape index (κ2) is 8.96. The average Bonchev–Trinajstić information content (AvgIpc) is 2.62. The molecular formula is C18H17ClN2O5. The number of unbranched alkanes of at least 4 members (excludes halogenated alkanes) is 1. The minimum Gasteiger partial charge on any atom is -0.462 e. The van der Waals surface area contributed by atoms with Crippen molar-refractivity contribution >= 4 is 34.9 Å². The lowest BCUT2D eigenvalue weighted by atomic mass is 10.1. The molecule has 0 aliphatic rings. The van der Waals surface area contributed by atoms with Crippen LogP contribution in [0.5, 0.6) is 0 Å². The molecule has 0 saturated carbocycles. The van der Waals surface area contributed by atoms with Gasteiger partial charge in [-0.1, -0.05) is 24.9 Å². The maximum Gasteiger partial charge on any atom is 0.338 e. The highest BCUT2D eigenvalue weighted by Gasteiger charge is 2.16. The Kier molecular flexibility index (Phi) is 6.68. The molecule has 0 bridgehead atoms. The van der Waals surface area contributed by atoms with E-state index in [9.17, 15) is 19.7 Å². The van der Waals surface area contributed by atoms with Crippen LogP contribution in [0.1, 0.15) is 40.5 Å². The molecule has 2 rings (SSSR count). The second-order valence-corrected chi connectivity index (χ2v) is 5.85. The summed E-state index contributed by atoms with van der Waals surface area (Å²) in [6.45, 7) is 2.36. The monoisotopic (exact) mass is 376 g/mol. The number of halogens is 1. The maximum absolute atomic E-state index is 12.3. The number of non-ortho nitro benzene ring substituents is 1. The molecule has 1 N–H and O–H groups in total. The number of benzene rings is 2. The Balaban J connectivity index is 2.07. The third-order valence-corrected chi connectivity index (χ3v) is 3.84.